The molecule has 3 amide bonds. The molecule has 9 nitrogen and oxygen atoms in total. The Kier molecular flexibility index (Phi) is 8.20. The Hall–Kier alpha value is -3.66. The van der Waals surface area contributed by atoms with Crippen LogP contribution in [0.4, 0.5) is 0 Å². The molecule has 1 heterocycles. The van der Waals surface area contributed by atoms with Crippen LogP contribution in [-0.2, 0) is 17.0 Å². The molecule has 1 aromatic heterocycles. The number of carbonyl (C=O) groups is 3. The standard InChI is InChI=1S/C23H26N6O3S/c1-3-25-22(31)16-9-11-17(12-10-16)29-19(14-33-2)20(27-28-29)23(32)26-18(21(24)30)13-15-7-5-4-6-8-15/h4-12,18H,3,13-14H2,1-2H3,(H2,24,30)(H,25,31)(H,26,32)/t18-/m0/s1. The van der Waals surface area contributed by atoms with Crippen LogP contribution in [0.1, 0.15) is 39.0 Å². The summed E-state index contributed by atoms with van der Waals surface area (Å²) in [5.41, 5.74) is 8.29. The largest absolute Gasteiger partial charge is 0.368 e. The first-order valence-corrected chi connectivity index (χ1v) is 11.8. The van der Waals surface area contributed by atoms with Crippen molar-refractivity contribution in [2.45, 2.75) is 25.1 Å². The Morgan fingerprint density at radius 2 is 1.76 bits per heavy atom. The average molecular weight is 467 g/mol. The van der Waals surface area contributed by atoms with Gasteiger partial charge in [0.15, 0.2) is 5.69 Å². The van der Waals surface area contributed by atoms with Crippen molar-refractivity contribution in [2.75, 3.05) is 12.8 Å². The summed E-state index contributed by atoms with van der Waals surface area (Å²) >= 11 is 1.51. The molecule has 2 aromatic carbocycles. The third kappa shape index (κ3) is 5.98. The molecule has 0 aliphatic carbocycles. The number of nitrogens with two attached hydrogens (primary N) is 1. The van der Waals surface area contributed by atoms with Gasteiger partial charge in [0.25, 0.3) is 11.8 Å². The molecule has 0 aliphatic rings. The van der Waals surface area contributed by atoms with Crippen molar-refractivity contribution >= 4 is 29.5 Å². The second-order valence-electron chi connectivity index (χ2n) is 7.25. The Morgan fingerprint density at radius 1 is 1.06 bits per heavy atom. The first-order valence-electron chi connectivity index (χ1n) is 10.4. The van der Waals surface area contributed by atoms with Crippen LogP contribution in [0.15, 0.2) is 54.6 Å². The minimum absolute atomic E-state index is 0.122. The maximum Gasteiger partial charge on any atom is 0.274 e. The second-order valence-corrected chi connectivity index (χ2v) is 8.12. The number of thioether (sulfide) groups is 1. The summed E-state index contributed by atoms with van der Waals surface area (Å²) in [6.45, 7) is 2.39. The van der Waals surface area contributed by atoms with E-state index in [1.807, 2.05) is 43.5 Å². The lowest BCUT2D eigenvalue weighted by atomic mass is 10.1. The third-order valence-electron chi connectivity index (χ3n) is 4.90. The molecule has 0 saturated carbocycles. The second kappa shape index (κ2) is 11.3. The molecule has 1 atom stereocenters. The van der Waals surface area contributed by atoms with E-state index in [9.17, 15) is 14.4 Å². The van der Waals surface area contributed by atoms with E-state index in [4.69, 9.17) is 5.73 Å². The van der Waals surface area contributed by atoms with Gasteiger partial charge in [0.2, 0.25) is 5.91 Å². The number of carbonyl (C=O) groups excluding carboxylic acids is 3. The van der Waals surface area contributed by atoms with Gasteiger partial charge >= 0.3 is 0 Å². The predicted molar refractivity (Wildman–Crippen MR) is 127 cm³/mol. The fourth-order valence-corrected chi connectivity index (χ4v) is 3.80. The van der Waals surface area contributed by atoms with Gasteiger partial charge in [0, 0.05) is 24.3 Å². The van der Waals surface area contributed by atoms with Crippen LogP contribution in [-0.4, -0.2) is 51.6 Å². The van der Waals surface area contributed by atoms with Crippen LogP contribution < -0.4 is 16.4 Å². The molecule has 10 heteroatoms. The van der Waals surface area contributed by atoms with Crippen molar-refractivity contribution < 1.29 is 14.4 Å². The Labute approximate surface area is 196 Å². The minimum atomic E-state index is -0.886. The molecular formula is C23H26N6O3S. The first kappa shape index (κ1) is 24.0. The maximum absolute atomic E-state index is 13.0. The van der Waals surface area contributed by atoms with Crippen LogP contribution in [0.25, 0.3) is 5.69 Å². The number of nitrogens with zero attached hydrogens (tertiary/aromatic N) is 3. The molecule has 0 radical (unpaired) electrons. The van der Waals surface area contributed by atoms with E-state index < -0.39 is 17.9 Å². The van der Waals surface area contributed by atoms with Crippen molar-refractivity contribution in [1.82, 2.24) is 25.6 Å². The SMILES string of the molecule is CCNC(=O)c1ccc(-n2nnc(C(=O)N[C@@H](Cc3ccccc3)C(N)=O)c2CSC)cc1. The number of primary amides is 1. The van der Waals surface area contributed by atoms with Crippen molar-refractivity contribution in [1.29, 1.82) is 0 Å². The summed E-state index contributed by atoms with van der Waals surface area (Å²) in [6.07, 6.45) is 2.17. The number of nitrogens with one attached hydrogen (secondary N) is 2. The molecule has 4 N–H and O–H groups in total. The molecule has 0 saturated heterocycles. The fraction of sp³-hybridized carbons (Fsp3) is 0.261. The van der Waals surface area contributed by atoms with Crippen molar-refractivity contribution in [2.24, 2.45) is 5.73 Å². The van der Waals surface area contributed by atoms with Crippen molar-refractivity contribution in [3.63, 3.8) is 0 Å². The number of hydrogen-bond acceptors (Lipinski definition) is 6. The van der Waals surface area contributed by atoms with E-state index >= 15 is 0 Å². The molecule has 3 rings (SSSR count). The Bertz CT molecular complexity index is 1110. The molecule has 0 spiro atoms. The van der Waals surface area contributed by atoms with E-state index in [0.29, 0.717) is 29.2 Å². The van der Waals surface area contributed by atoms with Crippen molar-refractivity contribution in [3.8, 4) is 5.69 Å². The van der Waals surface area contributed by atoms with E-state index in [1.54, 1.807) is 28.9 Å². The lowest BCUT2D eigenvalue weighted by Gasteiger charge is -2.15. The van der Waals surface area contributed by atoms with Crippen LogP contribution in [0, 0.1) is 0 Å². The Morgan fingerprint density at radius 3 is 2.36 bits per heavy atom. The maximum atomic E-state index is 13.0. The molecule has 0 unspecified atom stereocenters. The van der Waals surface area contributed by atoms with Crippen molar-refractivity contribution in [3.05, 3.63) is 77.1 Å². The van der Waals surface area contributed by atoms with Gasteiger partial charge < -0.3 is 16.4 Å². The zero-order chi connectivity index (χ0) is 23.8. The molecule has 0 aliphatic heterocycles. The predicted octanol–water partition coefficient (Wildman–Crippen LogP) is 1.71. The lowest BCUT2D eigenvalue weighted by molar-refractivity contribution is -0.119. The lowest BCUT2D eigenvalue weighted by Crippen LogP contribution is -2.46. The fourth-order valence-electron chi connectivity index (χ4n) is 3.27. The van der Waals surface area contributed by atoms with Gasteiger partial charge in [0.1, 0.15) is 6.04 Å². The number of hydrogen-bond donors (Lipinski definition) is 3. The van der Waals surface area contributed by atoms with Crippen LogP contribution in [0.3, 0.4) is 0 Å². The molecule has 0 fully saturated rings. The summed E-state index contributed by atoms with van der Waals surface area (Å²) < 4.78 is 1.56. The Balaban J connectivity index is 1.84. The van der Waals surface area contributed by atoms with Gasteiger partial charge in [0.05, 0.1) is 11.4 Å². The summed E-state index contributed by atoms with van der Waals surface area (Å²) in [5, 5.41) is 13.7. The number of amides is 3. The smallest absolute Gasteiger partial charge is 0.274 e. The summed E-state index contributed by atoms with van der Waals surface area (Å²) in [4.78, 5) is 37.0. The third-order valence-corrected chi connectivity index (χ3v) is 5.46. The molecule has 33 heavy (non-hydrogen) atoms. The zero-order valence-corrected chi connectivity index (χ0v) is 19.3. The highest BCUT2D eigenvalue weighted by atomic mass is 32.2. The minimum Gasteiger partial charge on any atom is -0.368 e. The van der Waals surface area contributed by atoms with E-state index in [1.165, 1.54) is 11.8 Å². The van der Waals surface area contributed by atoms with Gasteiger partial charge in [-0.3, -0.25) is 14.4 Å². The van der Waals surface area contributed by atoms with Crippen LogP contribution >= 0.6 is 11.8 Å². The topological polar surface area (TPSA) is 132 Å². The highest BCUT2D eigenvalue weighted by molar-refractivity contribution is 7.97. The summed E-state index contributed by atoms with van der Waals surface area (Å²) in [6, 6.07) is 15.3. The van der Waals surface area contributed by atoms with Crippen LogP contribution in [0.2, 0.25) is 0 Å². The normalized spacial score (nSPS) is 11.6. The number of aromatic nitrogens is 3. The number of benzene rings is 2. The first-order chi connectivity index (χ1) is 15.9. The van der Waals surface area contributed by atoms with E-state index in [2.05, 4.69) is 20.9 Å². The molecule has 172 valence electrons. The monoisotopic (exact) mass is 466 g/mol. The quantitative estimate of drug-likeness (QED) is 0.417. The average Bonchev–Trinajstić information content (AvgIpc) is 3.23. The highest BCUT2D eigenvalue weighted by Crippen LogP contribution is 2.19. The van der Waals surface area contributed by atoms with Gasteiger partial charge in [-0.05, 0) is 43.0 Å². The molecule has 3 aromatic rings. The van der Waals surface area contributed by atoms with E-state index in [0.717, 1.165) is 5.56 Å². The highest BCUT2D eigenvalue weighted by Gasteiger charge is 2.25. The van der Waals surface area contributed by atoms with Crippen LogP contribution in [0.5, 0.6) is 0 Å². The van der Waals surface area contributed by atoms with Gasteiger partial charge in [-0.2, -0.15) is 11.8 Å². The zero-order valence-electron chi connectivity index (χ0n) is 18.4. The molecular weight excluding hydrogens is 440 g/mol. The summed E-state index contributed by atoms with van der Waals surface area (Å²) in [5.74, 6) is -0.854. The van der Waals surface area contributed by atoms with E-state index in [-0.39, 0.29) is 18.0 Å². The van der Waals surface area contributed by atoms with Gasteiger partial charge in [-0.25, -0.2) is 4.68 Å². The molecule has 0 bridgehead atoms. The van der Waals surface area contributed by atoms with Gasteiger partial charge in [-0.15, -0.1) is 5.10 Å². The number of rotatable bonds is 10. The summed E-state index contributed by atoms with van der Waals surface area (Å²) in [7, 11) is 0. The van der Waals surface area contributed by atoms with Gasteiger partial charge in [-0.1, -0.05) is 35.5 Å².